The summed E-state index contributed by atoms with van der Waals surface area (Å²) in [4.78, 5) is 26.3. The molecule has 0 spiro atoms. The van der Waals surface area contributed by atoms with Crippen molar-refractivity contribution in [2.45, 2.75) is 20.3 Å². The zero-order valence-corrected chi connectivity index (χ0v) is 12.9. The third kappa shape index (κ3) is 3.01. The van der Waals surface area contributed by atoms with E-state index in [0.29, 0.717) is 23.1 Å². The van der Waals surface area contributed by atoms with Crippen LogP contribution in [0.3, 0.4) is 0 Å². The molecule has 1 atom stereocenters. The van der Waals surface area contributed by atoms with Gasteiger partial charge in [0.15, 0.2) is 5.78 Å². The third-order valence-corrected chi connectivity index (χ3v) is 5.03. The molecule has 0 aromatic carbocycles. The largest absolute Gasteiger partial charge is 0.335 e. The van der Waals surface area contributed by atoms with E-state index in [1.165, 1.54) is 11.3 Å². The first-order valence-electron chi connectivity index (χ1n) is 6.03. The molecule has 1 aliphatic rings. The van der Waals surface area contributed by atoms with Crippen molar-refractivity contribution in [1.29, 1.82) is 0 Å². The van der Waals surface area contributed by atoms with Crippen LogP contribution in [0, 0.1) is 11.8 Å². The number of ketones is 1. The summed E-state index contributed by atoms with van der Waals surface area (Å²) in [7, 11) is 0. The van der Waals surface area contributed by atoms with E-state index >= 15 is 0 Å². The number of nitrogens with zero attached hydrogens (tertiary/aromatic N) is 1. The predicted octanol–water partition coefficient (Wildman–Crippen LogP) is 3.20. The van der Waals surface area contributed by atoms with Gasteiger partial charge in [-0.1, -0.05) is 13.8 Å². The molecule has 0 N–H and O–H groups in total. The van der Waals surface area contributed by atoms with Gasteiger partial charge in [0, 0.05) is 13.0 Å². The highest BCUT2D eigenvalue weighted by atomic mass is 79.9. The molecule has 1 unspecified atom stereocenters. The average Bonchev–Trinajstić information content (AvgIpc) is 2.86. The van der Waals surface area contributed by atoms with Gasteiger partial charge in [-0.2, -0.15) is 0 Å². The molecule has 1 aliphatic heterocycles. The standard InChI is InChI=1S/C13H16BrNO2S/c1-8(2)9-5-13(17)15(6-9)7-10(16)11-3-4-12(14)18-11/h3-4,8-9H,5-7H2,1-2H3. The maximum Gasteiger partial charge on any atom is 0.223 e. The molecule has 3 nitrogen and oxygen atoms in total. The van der Waals surface area contributed by atoms with E-state index < -0.39 is 0 Å². The average molecular weight is 330 g/mol. The number of carbonyl (C=O) groups excluding carboxylic acids is 2. The van der Waals surface area contributed by atoms with Crippen LogP contribution in [-0.4, -0.2) is 29.7 Å². The van der Waals surface area contributed by atoms with E-state index in [0.717, 1.165) is 10.3 Å². The lowest BCUT2D eigenvalue weighted by Gasteiger charge is -2.16. The highest BCUT2D eigenvalue weighted by Gasteiger charge is 2.32. The molecule has 0 bridgehead atoms. The van der Waals surface area contributed by atoms with E-state index in [1.807, 2.05) is 6.07 Å². The van der Waals surface area contributed by atoms with Gasteiger partial charge in [-0.3, -0.25) is 9.59 Å². The molecular formula is C13H16BrNO2S. The molecule has 18 heavy (non-hydrogen) atoms. The van der Waals surface area contributed by atoms with Gasteiger partial charge < -0.3 is 4.90 Å². The molecule has 1 aromatic rings. The SMILES string of the molecule is CC(C)C1CC(=O)N(CC(=O)c2ccc(Br)s2)C1. The minimum atomic E-state index is 0.0310. The summed E-state index contributed by atoms with van der Waals surface area (Å²) < 4.78 is 0.943. The number of rotatable bonds is 4. The van der Waals surface area contributed by atoms with Crippen molar-refractivity contribution >= 4 is 39.0 Å². The minimum Gasteiger partial charge on any atom is -0.335 e. The zero-order valence-electron chi connectivity index (χ0n) is 10.5. The van der Waals surface area contributed by atoms with Crippen molar-refractivity contribution in [3.63, 3.8) is 0 Å². The van der Waals surface area contributed by atoms with Gasteiger partial charge in [-0.25, -0.2) is 0 Å². The number of thiophene rings is 1. The lowest BCUT2D eigenvalue weighted by atomic mass is 9.95. The van der Waals surface area contributed by atoms with Gasteiger partial charge in [0.2, 0.25) is 5.91 Å². The van der Waals surface area contributed by atoms with Crippen LogP contribution < -0.4 is 0 Å². The van der Waals surface area contributed by atoms with Crippen molar-refractivity contribution in [2.75, 3.05) is 13.1 Å². The first kappa shape index (κ1) is 13.7. The topological polar surface area (TPSA) is 37.4 Å². The Morgan fingerprint density at radius 3 is 2.78 bits per heavy atom. The number of amides is 1. The molecule has 1 amide bonds. The summed E-state index contributed by atoms with van der Waals surface area (Å²) in [6.07, 6.45) is 0.582. The highest BCUT2D eigenvalue weighted by Crippen LogP contribution is 2.26. The molecule has 0 aliphatic carbocycles. The summed E-state index contributed by atoms with van der Waals surface area (Å²) in [6.45, 7) is 5.18. The molecule has 2 heterocycles. The number of hydrogen-bond acceptors (Lipinski definition) is 3. The number of Topliss-reactive ketones (excluding diaryl/α,β-unsaturated/α-hetero) is 1. The minimum absolute atomic E-state index is 0.0310. The highest BCUT2D eigenvalue weighted by molar-refractivity contribution is 9.11. The van der Waals surface area contributed by atoms with Crippen LogP contribution in [0.25, 0.3) is 0 Å². The molecule has 1 aromatic heterocycles. The van der Waals surface area contributed by atoms with E-state index in [9.17, 15) is 9.59 Å². The molecule has 5 heteroatoms. The van der Waals surface area contributed by atoms with Crippen LogP contribution in [0.1, 0.15) is 29.9 Å². The normalized spacial score (nSPS) is 19.9. The molecular weight excluding hydrogens is 314 g/mol. The van der Waals surface area contributed by atoms with Gasteiger partial charge >= 0.3 is 0 Å². The first-order valence-corrected chi connectivity index (χ1v) is 7.64. The molecule has 1 saturated heterocycles. The smallest absolute Gasteiger partial charge is 0.223 e. The Kier molecular flexibility index (Phi) is 4.22. The summed E-state index contributed by atoms with van der Waals surface area (Å²) in [5, 5.41) is 0. The van der Waals surface area contributed by atoms with Crippen molar-refractivity contribution in [2.24, 2.45) is 11.8 Å². The second kappa shape index (κ2) is 5.53. The summed E-state index contributed by atoms with van der Waals surface area (Å²) in [5.41, 5.74) is 0. The van der Waals surface area contributed by atoms with E-state index in [-0.39, 0.29) is 18.2 Å². The Morgan fingerprint density at radius 2 is 2.28 bits per heavy atom. The number of likely N-dealkylation sites (tertiary alicyclic amines) is 1. The monoisotopic (exact) mass is 329 g/mol. The van der Waals surface area contributed by atoms with E-state index in [1.54, 1.807) is 11.0 Å². The second-order valence-electron chi connectivity index (χ2n) is 5.01. The number of halogens is 1. The van der Waals surface area contributed by atoms with E-state index in [4.69, 9.17) is 0 Å². The van der Waals surface area contributed by atoms with Crippen LogP contribution in [-0.2, 0) is 4.79 Å². The van der Waals surface area contributed by atoms with E-state index in [2.05, 4.69) is 29.8 Å². The van der Waals surface area contributed by atoms with Crippen molar-refractivity contribution in [3.8, 4) is 0 Å². The second-order valence-corrected chi connectivity index (χ2v) is 7.47. The Balaban J connectivity index is 1.98. The maximum absolute atomic E-state index is 12.0. The van der Waals surface area contributed by atoms with Gasteiger partial charge in [0.25, 0.3) is 0 Å². The van der Waals surface area contributed by atoms with Crippen LogP contribution in [0.15, 0.2) is 15.9 Å². The molecule has 0 radical (unpaired) electrons. The van der Waals surface area contributed by atoms with Gasteiger partial charge in [0.1, 0.15) is 0 Å². The number of carbonyl (C=O) groups is 2. The zero-order chi connectivity index (χ0) is 13.3. The Labute approximate surface area is 119 Å². The van der Waals surface area contributed by atoms with Gasteiger partial charge in [0.05, 0.1) is 15.2 Å². The summed E-state index contributed by atoms with van der Waals surface area (Å²) in [5.74, 6) is 1.02. The third-order valence-electron chi connectivity index (χ3n) is 3.37. The quantitative estimate of drug-likeness (QED) is 0.795. The van der Waals surface area contributed by atoms with Gasteiger partial charge in [-0.15, -0.1) is 11.3 Å². The lowest BCUT2D eigenvalue weighted by Crippen LogP contribution is -2.31. The number of hydrogen-bond donors (Lipinski definition) is 0. The Hall–Kier alpha value is -0.680. The molecule has 1 fully saturated rings. The lowest BCUT2D eigenvalue weighted by molar-refractivity contribution is -0.127. The van der Waals surface area contributed by atoms with Crippen LogP contribution >= 0.6 is 27.3 Å². The Bertz CT molecular complexity index is 469. The first-order chi connectivity index (χ1) is 8.47. The van der Waals surface area contributed by atoms with Crippen molar-refractivity contribution < 1.29 is 9.59 Å². The Morgan fingerprint density at radius 1 is 1.56 bits per heavy atom. The fourth-order valence-corrected chi connectivity index (χ4v) is 3.43. The summed E-state index contributed by atoms with van der Waals surface area (Å²) in [6, 6.07) is 3.66. The van der Waals surface area contributed by atoms with Gasteiger partial charge in [-0.05, 0) is 39.9 Å². The van der Waals surface area contributed by atoms with Crippen molar-refractivity contribution in [1.82, 2.24) is 4.90 Å². The van der Waals surface area contributed by atoms with Crippen molar-refractivity contribution in [3.05, 3.63) is 20.8 Å². The summed E-state index contributed by atoms with van der Waals surface area (Å²) >= 11 is 4.76. The fraction of sp³-hybridized carbons (Fsp3) is 0.538. The molecule has 0 saturated carbocycles. The fourth-order valence-electron chi connectivity index (χ4n) is 2.12. The maximum atomic E-state index is 12.0. The molecule has 98 valence electrons. The van der Waals surface area contributed by atoms with Crippen LogP contribution in [0.4, 0.5) is 0 Å². The van der Waals surface area contributed by atoms with Crippen LogP contribution in [0.5, 0.6) is 0 Å². The molecule has 2 rings (SSSR count). The van der Waals surface area contributed by atoms with Crippen LogP contribution in [0.2, 0.25) is 0 Å². The predicted molar refractivity (Wildman–Crippen MR) is 75.9 cm³/mol.